The molecule has 1 N–H and O–H groups in total. The maximum atomic E-state index is 12.3. The van der Waals surface area contributed by atoms with E-state index in [-0.39, 0.29) is 18.4 Å². The lowest BCUT2D eigenvalue weighted by atomic mass is 10.0. The van der Waals surface area contributed by atoms with Crippen LogP contribution in [0.2, 0.25) is 10.0 Å². The van der Waals surface area contributed by atoms with Crippen molar-refractivity contribution in [2.45, 2.75) is 46.3 Å². The molecular formula is C21H23Cl2NO3. The third-order valence-electron chi connectivity index (χ3n) is 4.38. The highest BCUT2D eigenvalue weighted by Crippen LogP contribution is 2.26. The molecule has 0 aliphatic heterocycles. The number of halogens is 2. The summed E-state index contributed by atoms with van der Waals surface area (Å²) >= 11 is 12.1. The molecule has 2 aromatic carbocycles. The second kappa shape index (κ2) is 9.25. The molecule has 0 unspecified atom stereocenters. The number of amides is 1. The lowest BCUT2D eigenvalue weighted by Crippen LogP contribution is -2.37. The predicted molar refractivity (Wildman–Crippen MR) is 108 cm³/mol. The summed E-state index contributed by atoms with van der Waals surface area (Å²) in [5, 5.41) is 3.79. The van der Waals surface area contributed by atoms with Gasteiger partial charge in [-0.05, 0) is 62.1 Å². The molecule has 27 heavy (non-hydrogen) atoms. The molecule has 0 radical (unpaired) electrons. The number of nitrogens with one attached hydrogen (secondary N) is 1. The van der Waals surface area contributed by atoms with Gasteiger partial charge in [0, 0.05) is 10.0 Å². The Labute approximate surface area is 169 Å². The van der Waals surface area contributed by atoms with Gasteiger partial charge in [0.1, 0.15) is 0 Å². The Balaban J connectivity index is 1.92. The molecule has 2 atom stereocenters. The molecule has 0 fully saturated rings. The van der Waals surface area contributed by atoms with Crippen molar-refractivity contribution in [3.8, 4) is 0 Å². The maximum absolute atomic E-state index is 12.3. The van der Waals surface area contributed by atoms with E-state index in [1.54, 1.807) is 32.0 Å². The van der Waals surface area contributed by atoms with Gasteiger partial charge in [-0.25, -0.2) is 0 Å². The van der Waals surface area contributed by atoms with Crippen LogP contribution in [0.1, 0.15) is 42.1 Å². The highest BCUT2D eigenvalue weighted by molar-refractivity contribution is 6.35. The second-order valence-corrected chi connectivity index (χ2v) is 7.47. The number of aryl methyl sites for hydroxylation is 2. The molecule has 1 amide bonds. The summed E-state index contributed by atoms with van der Waals surface area (Å²) in [5.41, 5.74) is 3.87. The van der Waals surface area contributed by atoms with Gasteiger partial charge in [0.25, 0.3) is 5.91 Å². The topological polar surface area (TPSA) is 55.4 Å². The van der Waals surface area contributed by atoms with Crippen molar-refractivity contribution in [2.24, 2.45) is 0 Å². The largest absolute Gasteiger partial charge is 0.452 e. The SMILES string of the molecule is Cc1ccc(CC(=O)O[C@H](C)C(=O)N[C@H](C)c2ccc(Cl)cc2Cl)cc1C. The van der Waals surface area contributed by atoms with Crippen LogP contribution in [0.5, 0.6) is 0 Å². The summed E-state index contributed by atoms with van der Waals surface area (Å²) in [4.78, 5) is 24.5. The number of carbonyl (C=O) groups is 2. The molecule has 0 bridgehead atoms. The Morgan fingerprint density at radius 1 is 1.04 bits per heavy atom. The van der Waals surface area contributed by atoms with Crippen LogP contribution in [0.4, 0.5) is 0 Å². The summed E-state index contributed by atoms with van der Waals surface area (Å²) in [6, 6.07) is 10.5. The summed E-state index contributed by atoms with van der Waals surface area (Å²) in [6.07, 6.45) is -0.783. The van der Waals surface area contributed by atoms with Gasteiger partial charge in [-0.3, -0.25) is 9.59 Å². The van der Waals surface area contributed by atoms with Crippen LogP contribution < -0.4 is 5.32 Å². The molecule has 144 valence electrons. The third kappa shape index (κ3) is 5.98. The van der Waals surface area contributed by atoms with Gasteiger partial charge in [0.2, 0.25) is 0 Å². The highest BCUT2D eigenvalue weighted by Gasteiger charge is 2.21. The van der Waals surface area contributed by atoms with Crippen LogP contribution in [-0.4, -0.2) is 18.0 Å². The van der Waals surface area contributed by atoms with Crippen molar-refractivity contribution in [3.63, 3.8) is 0 Å². The van der Waals surface area contributed by atoms with E-state index in [9.17, 15) is 9.59 Å². The number of hydrogen-bond acceptors (Lipinski definition) is 3. The van der Waals surface area contributed by atoms with E-state index in [0.717, 1.165) is 22.3 Å². The molecule has 2 rings (SSSR count). The first-order valence-electron chi connectivity index (χ1n) is 8.68. The number of esters is 1. The molecule has 0 aromatic heterocycles. The average molecular weight is 408 g/mol. The van der Waals surface area contributed by atoms with Gasteiger partial charge in [-0.15, -0.1) is 0 Å². The van der Waals surface area contributed by atoms with E-state index < -0.39 is 12.1 Å². The van der Waals surface area contributed by atoms with Crippen LogP contribution in [0.15, 0.2) is 36.4 Å². The molecular weight excluding hydrogens is 385 g/mol. The summed E-state index contributed by atoms with van der Waals surface area (Å²) in [7, 11) is 0. The first-order chi connectivity index (χ1) is 12.7. The van der Waals surface area contributed by atoms with E-state index in [4.69, 9.17) is 27.9 Å². The molecule has 0 saturated heterocycles. The van der Waals surface area contributed by atoms with Crippen molar-refractivity contribution < 1.29 is 14.3 Å². The van der Waals surface area contributed by atoms with E-state index in [2.05, 4.69) is 5.32 Å². The van der Waals surface area contributed by atoms with Crippen LogP contribution in [0, 0.1) is 13.8 Å². The number of hydrogen-bond donors (Lipinski definition) is 1. The minimum atomic E-state index is -0.905. The van der Waals surface area contributed by atoms with Gasteiger partial charge in [-0.1, -0.05) is 47.5 Å². The smallest absolute Gasteiger partial charge is 0.311 e. The molecule has 0 aliphatic rings. The molecule has 6 heteroatoms. The van der Waals surface area contributed by atoms with E-state index in [1.807, 2.05) is 32.0 Å². The van der Waals surface area contributed by atoms with Crippen LogP contribution >= 0.6 is 23.2 Å². The highest BCUT2D eigenvalue weighted by atomic mass is 35.5. The fraction of sp³-hybridized carbons (Fsp3) is 0.333. The number of rotatable bonds is 6. The Morgan fingerprint density at radius 2 is 1.74 bits per heavy atom. The molecule has 0 saturated carbocycles. The molecule has 0 spiro atoms. The molecule has 0 heterocycles. The second-order valence-electron chi connectivity index (χ2n) is 6.62. The molecule has 0 aliphatic carbocycles. The van der Waals surface area contributed by atoms with Gasteiger partial charge < -0.3 is 10.1 Å². The van der Waals surface area contributed by atoms with Gasteiger partial charge >= 0.3 is 5.97 Å². The summed E-state index contributed by atoms with van der Waals surface area (Å²) in [6.45, 7) is 7.35. The van der Waals surface area contributed by atoms with E-state index in [0.29, 0.717) is 10.0 Å². The Morgan fingerprint density at radius 3 is 2.37 bits per heavy atom. The standard InChI is InChI=1S/C21H23Cl2NO3/c1-12-5-6-16(9-13(12)2)10-20(25)27-15(4)21(26)24-14(3)18-8-7-17(22)11-19(18)23/h5-9,11,14-15H,10H2,1-4H3,(H,24,26)/t14-,15-/m1/s1. The Bertz CT molecular complexity index is 851. The van der Waals surface area contributed by atoms with Crippen LogP contribution in [-0.2, 0) is 20.7 Å². The summed E-state index contributed by atoms with van der Waals surface area (Å²) < 4.78 is 5.27. The third-order valence-corrected chi connectivity index (χ3v) is 4.95. The monoisotopic (exact) mass is 407 g/mol. The minimum Gasteiger partial charge on any atom is -0.452 e. The van der Waals surface area contributed by atoms with Gasteiger partial charge in [0.15, 0.2) is 6.10 Å². The molecule has 4 nitrogen and oxygen atoms in total. The fourth-order valence-electron chi connectivity index (χ4n) is 2.63. The van der Waals surface area contributed by atoms with Crippen molar-refractivity contribution in [1.29, 1.82) is 0 Å². The average Bonchev–Trinajstić information content (AvgIpc) is 2.57. The lowest BCUT2D eigenvalue weighted by molar-refractivity contribution is -0.154. The fourth-order valence-corrected chi connectivity index (χ4v) is 3.21. The van der Waals surface area contributed by atoms with Crippen molar-refractivity contribution in [2.75, 3.05) is 0 Å². The van der Waals surface area contributed by atoms with Crippen molar-refractivity contribution in [1.82, 2.24) is 5.32 Å². The Hall–Kier alpha value is -2.04. The number of carbonyl (C=O) groups excluding carboxylic acids is 2. The first kappa shape index (κ1) is 21.3. The molecule has 2 aromatic rings. The zero-order valence-electron chi connectivity index (χ0n) is 15.8. The van der Waals surface area contributed by atoms with Crippen molar-refractivity contribution >= 4 is 35.1 Å². The van der Waals surface area contributed by atoms with E-state index in [1.165, 1.54) is 0 Å². The van der Waals surface area contributed by atoms with Crippen molar-refractivity contribution in [3.05, 3.63) is 68.7 Å². The van der Waals surface area contributed by atoms with Gasteiger partial charge in [0.05, 0.1) is 12.5 Å². The predicted octanol–water partition coefficient (Wildman–Crippen LogP) is 4.96. The lowest BCUT2D eigenvalue weighted by Gasteiger charge is -2.19. The quantitative estimate of drug-likeness (QED) is 0.688. The summed E-state index contributed by atoms with van der Waals surface area (Å²) in [5.74, 6) is -0.833. The van der Waals surface area contributed by atoms with Gasteiger partial charge in [-0.2, -0.15) is 0 Å². The maximum Gasteiger partial charge on any atom is 0.311 e. The first-order valence-corrected chi connectivity index (χ1v) is 9.44. The Kier molecular flexibility index (Phi) is 7.28. The zero-order chi connectivity index (χ0) is 20.1. The van der Waals surface area contributed by atoms with E-state index >= 15 is 0 Å². The number of ether oxygens (including phenoxy) is 1. The van der Waals surface area contributed by atoms with Crippen LogP contribution in [0.25, 0.3) is 0 Å². The van der Waals surface area contributed by atoms with Crippen LogP contribution in [0.3, 0.4) is 0 Å². The zero-order valence-corrected chi connectivity index (χ0v) is 17.3. The number of benzene rings is 2. The normalized spacial score (nSPS) is 13.0. The minimum absolute atomic E-state index is 0.122.